The maximum Gasteiger partial charge on any atom is 0.0573 e. The Balaban J connectivity index is 2.20. The number of hydrogen-bond acceptors (Lipinski definition) is 3. The molecule has 1 fully saturated rings. The lowest BCUT2D eigenvalue weighted by Gasteiger charge is -2.52. The minimum absolute atomic E-state index is 0.178. The first-order chi connectivity index (χ1) is 9.42. The van der Waals surface area contributed by atoms with E-state index in [1.54, 1.807) is 0 Å². The third-order valence-corrected chi connectivity index (χ3v) is 5.06. The smallest absolute Gasteiger partial charge is 0.0573 e. The first-order valence-corrected chi connectivity index (χ1v) is 7.83. The molecule has 1 N–H and O–H groups in total. The highest BCUT2D eigenvalue weighted by atomic mass is 15.3. The van der Waals surface area contributed by atoms with E-state index in [-0.39, 0.29) is 11.1 Å². The van der Waals surface area contributed by atoms with Crippen LogP contribution in [0.25, 0.3) is 0 Å². The molecule has 3 heteroatoms. The molecule has 20 heavy (non-hydrogen) atoms. The van der Waals surface area contributed by atoms with Crippen LogP contribution in [0.3, 0.4) is 0 Å². The van der Waals surface area contributed by atoms with E-state index in [0.29, 0.717) is 0 Å². The highest BCUT2D eigenvalue weighted by Gasteiger charge is 2.40. The van der Waals surface area contributed by atoms with Gasteiger partial charge in [0.2, 0.25) is 0 Å². The molecule has 0 unspecified atom stereocenters. The van der Waals surface area contributed by atoms with Crippen LogP contribution in [0.1, 0.15) is 51.8 Å². The van der Waals surface area contributed by atoms with Gasteiger partial charge in [-0.15, -0.1) is 0 Å². The number of aryl methyl sites for hydroxylation is 1. The molecular weight excluding hydrogens is 246 g/mol. The Labute approximate surface area is 123 Å². The van der Waals surface area contributed by atoms with Gasteiger partial charge in [0.1, 0.15) is 0 Å². The first-order valence-electron chi connectivity index (χ1n) is 7.83. The lowest BCUT2D eigenvalue weighted by molar-refractivity contribution is 0.0151. The molecule has 1 aromatic heterocycles. The van der Waals surface area contributed by atoms with E-state index in [1.807, 2.05) is 12.3 Å². The monoisotopic (exact) mass is 275 g/mol. The van der Waals surface area contributed by atoms with Crippen LogP contribution < -0.4 is 5.32 Å². The number of piperazine rings is 1. The van der Waals surface area contributed by atoms with Gasteiger partial charge in [-0.1, -0.05) is 19.9 Å². The molecule has 0 amide bonds. The highest BCUT2D eigenvalue weighted by molar-refractivity contribution is 5.18. The summed E-state index contributed by atoms with van der Waals surface area (Å²) in [5, 5.41) is 3.79. The molecular formula is C17H29N3. The first kappa shape index (κ1) is 15.5. The van der Waals surface area contributed by atoms with Crippen LogP contribution in [0.4, 0.5) is 0 Å². The van der Waals surface area contributed by atoms with Crippen molar-refractivity contribution in [2.75, 3.05) is 13.1 Å². The van der Waals surface area contributed by atoms with Crippen LogP contribution >= 0.6 is 0 Å². The molecule has 2 rings (SSSR count). The quantitative estimate of drug-likeness (QED) is 0.915. The van der Waals surface area contributed by atoms with Crippen molar-refractivity contribution < 1.29 is 0 Å². The van der Waals surface area contributed by atoms with E-state index in [0.717, 1.165) is 19.6 Å². The fourth-order valence-corrected chi connectivity index (χ4v) is 3.01. The summed E-state index contributed by atoms with van der Waals surface area (Å²) in [6.45, 7) is 14.5. The van der Waals surface area contributed by atoms with E-state index in [9.17, 15) is 0 Å². The van der Waals surface area contributed by atoms with Gasteiger partial charge < -0.3 is 5.32 Å². The Hall–Kier alpha value is -0.930. The van der Waals surface area contributed by atoms with Gasteiger partial charge in [0.15, 0.2) is 0 Å². The standard InChI is InChI=1S/C17H29N3/c1-6-17(7-2)13-20(16(4,5)12-19-17)11-15-14(3)9-8-10-18-15/h8-10,19H,6-7,11-13H2,1-5H3. The Bertz CT molecular complexity index is 449. The van der Waals surface area contributed by atoms with Crippen molar-refractivity contribution in [2.45, 2.75) is 65.1 Å². The van der Waals surface area contributed by atoms with E-state index in [2.05, 4.69) is 55.9 Å². The highest BCUT2D eigenvalue weighted by Crippen LogP contribution is 2.29. The van der Waals surface area contributed by atoms with Gasteiger partial charge >= 0.3 is 0 Å². The minimum Gasteiger partial charge on any atom is -0.308 e. The zero-order valence-electron chi connectivity index (χ0n) is 13.7. The second kappa shape index (κ2) is 5.82. The van der Waals surface area contributed by atoms with E-state index in [1.165, 1.54) is 24.1 Å². The third kappa shape index (κ3) is 3.04. The molecule has 0 atom stereocenters. The van der Waals surface area contributed by atoms with Crippen molar-refractivity contribution in [1.82, 2.24) is 15.2 Å². The fourth-order valence-electron chi connectivity index (χ4n) is 3.01. The van der Waals surface area contributed by atoms with Crippen LogP contribution in [0.5, 0.6) is 0 Å². The number of nitrogens with zero attached hydrogens (tertiary/aromatic N) is 2. The Kier molecular flexibility index (Phi) is 4.50. The van der Waals surface area contributed by atoms with Crippen molar-refractivity contribution >= 4 is 0 Å². The normalized spacial score (nSPS) is 21.9. The van der Waals surface area contributed by atoms with Gasteiger partial charge in [-0.3, -0.25) is 9.88 Å². The Morgan fingerprint density at radius 3 is 2.60 bits per heavy atom. The SMILES string of the molecule is CCC1(CC)CN(Cc2ncccc2C)C(C)(C)CN1. The predicted molar refractivity (Wildman–Crippen MR) is 84.8 cm³/mol. The molecule has 0 aromatic carbocycles. The van der Waals surface area contributed by atoms with Gasteiger partial charge in [-0.25, -0.2) is 0 Å². The summed E-state index contributed by atoms with van der Waals surface area (Å²) in [6.07, 6.45) is 4.26. The van der Waals surface area contributed by atoms with Crippen LogP contribution in [0.2, 0.25) is 0 Å². The number of hydrogen-bond donors (Lipinski definition) is 1. The molecule has 1 aliphatic heterocycles. The van der Waals surface area contributed by atoms with Crippen molar-refractivity contribution in [2.24, 2.45) is 0 Å². The summed E-state index contributed by atoms with van der Waals surface area (Å²) in [5.41, 5.74) is 2.94. The van der Waals surface area contributed by atoms with E-state index >= 15 is 0 Å². The average Bonchev–Trinajstić information content (AvgIpc) is 2.44. The summed E-state index contributed by atoms with van der Waals surface area (Å²) in [5.74, 6) is 0. The summed E-state index contributed by atoms with van der Waals surface area (Å²) >= 11 is 0. The van der Waals surface area contributed by atoms with Crippen LogP contribution in [-0.2, 0) is 6.54 Å². The molecule has 3 nitrogen and oxygen atoms in total. The molecule has 2 heterocycles. The van der Waals surface area contributed by atoms with Gasteiger partial charge in [0.25, 0.3) is 0 Å². The van der Waals surface area contributed by atoms with Crippen molar-refractivity contribution in [1.29, 1.82) is 0 Å². The van der Waals surface area contributed by atoms with Crippen molar-refractivity contribution in [3.05, 3.63) is 29.6 Å². The molecule has 0 aliphatic carbocycles. The fraction of sp³-hybridized carbons (Fsp3) is 0.706. The second-order valence-corrected chi connectivity index (χ2v) is 6.78. The summed E-state index contributed by atoms with van der Waals surface area (Å²) in [4.78, 5) is 7.18. The molecule has 1 aromatic rings. The van der Waals surface area contributed by atoms with Crippen LogP contribution in [-0.4, -0.2) is 34.1 Å². The maximum atomic E-state index is 4.58. The summed E-state index contributed by atoms with van der Waals surface area (Å²) < 4.78 is 0. The minimum atomic E-state index is 0.178. The largest absolute Gasteiger partial charge is 0.308 e. The molecule has 1 aliphatic rings. The lowest BCUT2D eigenvalue weighted by atomic mass is 9.84. The van der Waals surface area contributed by atoms with E-state index in [4.69, 9.17) is 0 Å². The molecule has 112 valence electrons. The number of rotatable bonds is 4. The molecule has 0 bridgehead atoms. The van der Waals surface area contributed by atoms with E-state index < -0.39 is 0 Å². The Morgan fingerprint density at radius 1 is 1.30 bits per heavy atom. The number of nitrogens with one attached hydrogen (secondary N) is 1. The zero-order valence-corrected chi connectivity index (χ0v) is 13.7. The number of pyridine rings is 1. The average molecular weight is 275 g/mol. The van der Waals surface area contributed by atoms with Gasteiger partial charge in [0, 0.05) is 36.9 Å². The number of aromatic nitrogens is 1. The lowest BCUT2D eigenvalue weighted by Crippen LogP contribution is -2.67. The van der Waals surface area contributed by atoms with Crippen molar-refractivity contribution in [3.63, 3.8) is 0 Å². The molecule has 0 spiro atoms. The zero-order chi connectivity index (χ0) is 14.8. The van der Waals surface area contributed by atoms with Crippen LogP contribution in [0.15, 0.2) is 18.3 Å². The second-order valence-electron chi connectivity index (χ2n) is 6.78. The third-order valence-electron chi connectivity index (χ3n) is 5.06. The predicted octanol–water partition coefficient (Wildman–Crippen LogP) is 3.13. The Morgan fingerprint density at radius 2 is 2.00 bits per heavy atom. The molecule has 1 saturated heterocycles. The summed E-state index contributed by atoms with van der Waals surface area (Å²) in [6, 6.07) is 4.18. The van der Waals surface area contributed by atoms with Crippen LogP contribution in [0, 0.1) is 6.92 Å². The molecule has 0 radical (unpaired) electrons. The molecule has 0 saturated carbocycles. The van der Waals surface area contributed by atoms with Gasteiger partial charge in [0.05, 0.1) is 5.69 Å². The van der Waals surface area contributed by atoms with Gasteiger partial charge in [-0.2, -0.15) is 0 Å². The van der Waals surface area contributed by atoms with Crippen molar-refractivity contribution in [3.8, 4) is 0 Å². The van der Waals surface area contributed by atoms with Gasteiger partial charge in [-0.05, 0) is 45.2 Å². The topological polar surface area (TPSA) is 28.2 Å². The maximum absolute atomic E-state index is 4.58. The summed E-state index contributed by atoms with van der Waals surface area (Å²) in [7, 11) is 0.